The van der Waals surface area contributed by atoms with Gasteiger partial charge in [0.2, 0.25) is 5.91 Å². The van der Waals surface area contributed by atoms with Crippen LogP contribution in [0.2, 0.25) is 0 Å². The highest BCUT2D eigenvalue weighted by Gasteiger charge is 2.25. The second-order valence-electron chi connectivity index (χ2n) is 7.41. The second kappa shape index (κ2) is 9.14. The molecule has 0 radical (unpaired) electrons. The molecule has 25 heavy (non-hydrogen) atoms. The Bertz CT molecular complexity index is 581. The zero-order valence-corrected chi connectivity index (χ0v) is 15.6. The van der Waals surface area contributed by atoms with Crippen LogP contribution in [0, 0.1) is 11.8 Å². The van der Waals surface area contributed by atoms with Crippen molar-refractivity contribution in [1.29, 1.82) is 0 Å². The Morgan fingerprint density at radius 2 is 1.96 bits per heavy atom. The first-order valence-corrected chi connectivity index (χ1v) is 9.49. The molecule has 1 aromatic carbocycles. The molecule has 0 saturated heterocycles. The Kier molecular flexibility index (Phi) is 7.18. The van der Waals surface area contributed by atoms with E-state index in [1.807, 2.05) is 38.1 Å². The number of rotatable bonds is 8. The molecule has 2 N–H and O–H groups in total. The molecule has 0 heterocycles. The van der Waals surface area contributed by atoms with Crippen LogP contribution in [0.1, 0.15) is 63.5 Å². The minimum atomic E-state index is -0.264. The Morgan fingerprint density at radius 3 is 2.48 bits per heavy atom. The molecule has 2 rings (SSSR count). The van der Waals surface area contributed by atoms with Crippen molar-refractivity contribution in [3.8, 4) is 0 Å². The number of hydrogen-bond donors (Lipinski definition) is 2. The van der Waals surface area contributed by atoms with Gasteiger partial charge in [0.25, 0.3) is 0 Å². The van der Waals surface area contributed by atoms with E-state index in [4.69, 9.17) is 0 Å². The van der Waals surface area contributed by atoms with Crippen molar-refractivity contribution in [2.75, 3.05) is 6.61 Å². The largest absolute Gasteiger partial charge is 0.394 e. The summed E-state index contributed by atoms with van der Waals surface area (Å²) >= 11 is 0. The topological polar surface area (TPSA) is 66.4 Å². The van der Waals surface area contributed by atoms with Crippen molar-refractivity contribution >= 4 is 11.7 Å². The van der Waals surface area contributed by atoms with E-state index in [2.05, 4.69) is 12.2 Å². The first-order chi connectivity index (χ1) is 12.0. The first kappa shape index (κ1) is 19.6. The average Bonchev–Trinajstić information content (AvgIpc) is 3.03. The summed E-state index contributed by atoms with van der Waals surface area (Å²) in [5.41, 5.74) is 2.12. The molecule has 0 spiro atoms. The van der Waals surface area contributed by atoms with Gasteiger partial charge in [-0.05, 0) is 43.2 Å². The van der Waals surface area contributed by atoms with Crippen LogP contribution in [-0.2, 0) is 16.0 Å². The van der Waals surface area contributed by atoms with E-state index in [0.29, 0.717) is 5.78 Å². The molecule has 1 aliphatic carbocycles. The molecule has 4 nitrogen and oxygen atoms in total. The smallest absolute Gasteiger partial charge is 0.227 e. The molecule has 1 aliphatic rings. The molecule has 1 fully saturated rings. The number of amides is 1. The number of aliphatic hydroxyl groups excluding tert-OH is 1. The number of carbonyl (C=O) groups is 2. The molecule has 0 aliphatic heterocycles. The molecule has 0 aromatic heterocycles. The summed E-state index contributed by atoms with van der Waals surface area (Å²) in [5.74, 6) is 0.482. The zero-order chi connectivity index (χ0) is 18.4. The molecule has 1 aromatic rings. The molecular formula is C21H31NO3. The van der Waals surface area contributed by atoms with Crippen molar-refractivity contribution in [2.24, 2.45) is 11.8 Å². The lowest BCUT2D eigenvalue weighted by Crippen LogP contribution is -2.43. The van der Waals surface area contributed by atoms with Crippen LogP contribution in [0.5, 0.6) is 0 Å². The Labute approximate surface area is 151 Å². The summed E-state index contributed by atoms with van der Waals surface area (Å²) < 4.78 is 0. The zero-order valence-electron chi connectivity index (χ0n) is 15.6. The van der Waals surface area contributed by atoms with E-state index >= 15 is 0 Å². The summed E-state index contributed by atoms with van der Waals surface area (Å²) in [6.45, 7) is 5.93. The fourth-order valence-corrected chi connectivity index (χ4v) is 3.44. The third-order valence-electron chi connectivity index (χ3n) is 5.64. The van der Waals surface area contributed by atoms with Crippen LogP contribution >= 0.6 is 0 Å². The van der Waals surface area contributed by atoms with Gasteiger partial charge in [-0.2, -0.15) is 0 Å². The van der Waals surface area contributed by atoms with Gasteiger partial charge in [-0.1, -0.05) is 44.5 Å². The third-order valence-corrected chi connectivity index (χ3v) is 5.64. The maximum atomic E-state index is 12.5. The van der Waals surface area contributed by atoms with E-state index in [9.17, 15) is 14.7 Å². The van der Waals surface area contributed by atoms with Crippen molar-refractivity contribution in [2.45, 2.75) is 64.8 Å². The third kappa shape index (κ3) is 5.15. The lowest BCUT2D eigenvalue weighted by molar-refractivity contribution is -0.123. The second-order valence-corrected chi connectivity index (χ2v) is 7.41. The quantitative estimate of drug-likeness (QED) is 0.760. The summed E-state index contributed by atoms with van der Waals surface area (Å²) in [6, 6.07) is 7.82. The predicted molar refractivity (Wildman–Crippen MR) is 99.4 cm³/mol. The molecular weight excluding hydrogens is 314 g/mol. The monoisotopic (exact) mass is 345 g/mol. The Hall–Kier alpha value is -1.68. The van der Waals surface area contributed by atoms with Crippen molar-refractivity contribution in [3.63, 3.8) is 0 Å². The normalized spacial score (nSPS) is 21.0. The maximum Gasteiger partial charge on any atom is 0.227 e. The number of Topliss-reactive ketones (excluding diaryl/α,β-unsaturated/α-hetero) is 1. The van der Waals surface area contributed by atoms with Crippen LogP contribution < -0.4 is 5.32 Å². The lowest BCUT2D eigenvalue weighted by atomic mass is 9.93. The highest BCUT2D eigenvalue weighted by atomic mass is 16.3. The van der Waals surface area contributed by atoms with Gasteiger partial charge < -0.3 is 10.4 Å². The van der Waals surface area contributed by atoms with Crippen LogP contribution in [-0.4, -0.2) is 29.4 Å². The van der Waals surface area contributed by atoms with Gasteiger partial charge in [0.05, 0.1) is 18.6 Å². The maximum absolute atomic E-state index is 12.5. The number of aliphatic hydroxyl groups is 1. The van der Waals surface area contributed by atoms with Crippen molar-refractivity contribution < 1.29 is 14.7 Å². The molecule has 0 unspecified atom stereocenters. The molecule has 4 atom stereocenters. The number of nitrogens with one attached hydrogen (secondary N) is 1. The van der Waals surface area contributed by atoms with Gasteiger partial charge in [0.15, 0.2) is 0 Å². The standard InChI is InChI=1S/C21H31NO3/c1-4-14(2)19(13-23)22-21(25)15(3)17-10-8-16(9-11-17)12-18-6-5-7-20(18)24/h8-11,14-15,18-19,23H,4-7,12-13H2,1-3H3,(H,22,25)/t14-,15-,18+,19-/m1/s1. The summed E-state index contributed by atoms with van der Waals surface area (Å²) in [4.78, 5) is 24.3. The van der Waals surface area contributed by atoms with Crippen LogP contribution in [0.4, 0.5) is 0 Å². The number of benzene rings is 1. The molecule has 138 valence electrons. The first-order valence-electron chi connectivity index (χ1n) is 9.49. The SMILES string of the molecule is CC[C@@H](C)[C@@H](CO)NC(=O)[C@H](C)c1ccc(C[C@@H]2CCCC2=O)cc1. The van der Waals surface area contributed by atoms with Gasteiger partial charge >= 0.3 is 0 Å². The average molecular weight is 345 g/mol. The van der Waals surface area contributed by atoms with E-state index in [0.717, 1.165) is 43.2 Å². The summed E-state index contributed by atoms with van der Waals surface area (Å²) in [6.07, 6.45) is 4.45. The highest BCUT2D eigenvalue weighted by molar-refractivity contribution is 5.84. The summed E-state index contributed by atoms with van der Waals surface area (Å²) in [5, 5.41) is 12.4. The Balaban J connectivity index is 1.95. The molecule has 1 saturated carbocycles. The van der Waals surface area contributed by atoms with E-state index < -0.39 is 0 Å². The number of carbonyl (C=O) groups excluding carboxylic acids is 2. The summed E-state index contributed by atoms with van der Waals surface area (Å²) in [7, 11) is 0. The van der Waals surface area contributed by atoms with E-state index in [-0.39, 0.29) is 36.3 Å². The van der Waals surface area contributed by atoms with Gasteiger partial charge in [0, 0.05) is 12.3 Å². The predicted octanol–water partition coefficient (Wildman–Crippen LogP) is 3.23. The van der Waals surface area contributed by atoms with Crippen LogP contribution in [0.25, 0.3) is 0 Å². The van der Waals surface area contributed by atoms with Crippen LogP contribution in [0.15, 0.2) is 24.3 Å². The number of hydrogen-bond acceptors (Lipinski definition) is 3. The van der Waals surface area contributed by atoms with E-state index in [1.54, 1.807) is 0 Å². The fourth-order valence-electron chi connectivity index (χ4n) is 3.44. The Morgan fingerprint density at radius 1 is 1.28 bits per heavy atom. The highest BCUT2D eigenvalue weighted by Crippen LogP contribution is 2.26. The van der Waals surface area contributed by atoms with Crippen molar-refractivity contribution in [1.82, 2.24) is 5.32 Å². The number of ketones is 1. The minimum Gasteiger partial charge on any atom is -0.394 e. The minimum absolute atomic E-state index is 0.0399. The fraction of sp³-hybridized carbons (Fsp3) is 0.619. The molecule has 1 amide bonds. The van der Waals surface area contributed by atoms with Crippen molar-refractivity contribution in [3.05, 3.63) is 35.4 Å². The van der Waals surface area contributed by atoms with Gasteiger partial charge in [-0.15, -0.1) is 0 Å². The molecule has 0 bridgehead atoms. The molecule has 4 heteroatoms. The van der Waals surface area contributed by atoms with Gasteiger partial charge in [-0.3, -0.25) is 9.59 Å². The lowest BCUT2D eigenvalue weighted by Gasteiger charge is -2.24. The van der Waals surface area contributed by atoms with E-state index in [1.165, 1.54) is 0 Å². The van der Waals surface area contributed by atoms with Crippen LogP contribution in [0.3, 0.4) is 0 Å². The van der Waals surface area contributed by atoms with Gasteiger partial charge in [-0.25, -0.2) is 0 Å². The van der Waals surface area contributed by atoms with Gasteiger partial charge in [0.1, 0.15) is 5.78 Å².